The molecule has 0 aliphatic carbocycles. The Bertz CT molecular complexity index is 644. The summed E-state index contributed by atoms with van der Waals surface area (Å²) in [5.74, 6) is 1.68. The fourth-order valence-electron chi connectivity index (χ4n) is 3.65. The number of aromatic nitrogens is 2. The average molecular weight is 299 g/mol. The number of hydrogen-bond donors (Lipinski definition) is 1. The Kier molecular flexibility index (Phi) is 3.47. The Hall–Kier alpha value is -1.72. The van der Waals surface area contributed by atoms with Gasteiger partial charge in [0.15, 0.2) is 0 Å². The van der Waals surface area contributed by atoms with Crippen LogP contribution in [0.5, 0.6) is 0 Å². The molecule has 5 nitrogen and oxygen atoms in total. The summed E-state index contributed by atoms with van der Waals surface area (Å²) in [6, 6.07) is 8.19. The first-order valence-electron chi connectivity index (χ1n) is 7.96. The summed E-state index contributed by atoms with van der Waals surface area (Å²) in [6.07, 6.45) is 2.12. The minimum Gasteiger partial charge on any atom is -0.420 e. The maximum absolute atomic E-state index is 6.02. The molecule has 0 radical (unpaired) electrons. The van der Waals surface area contributed by atoms with Gasteiger partial charge in [-0.05, 0) is 37.3 Å². The van der Waals surface area contributed by atoms with Crippen molar-refractivity contribution in [1.82, 2.24) is 15.5 Å². The molecule has 1 aromatic carbocycles. The lowest BCUT2D eigenvalue weighted by molar-refractivity contribution is 0.0130. The molecule has 0 unspecified atom stereocenters. The molecule has 2 saturated heterocycles. The number of ether oxygens (including phenoxy) is 1. The van der Waals surface area contributed by atoms with Crippen molar-refractivity contribution in [3.63, 3.8) is 0 Å². The van der Waals surface area contributed by atoms with Crippen LogP contribution >= 0.6 is 0 Å². The Morgan fingerprint density at radius 3 is 2.68 bits per heavy atom. The number of aryl methyl sites for hydroxylation is 1. The smallest absolute Gasteiger partial charge is 0.247 e. The quantitative estimate of drug-likeness (QED) is 0.923. The Labute approximate surface area is 130 Å². The molecular weight excluding hydrogens is 278 g/mol. The monoisotopic (exact) mass is 299 g/mol. The molecule has 1 spiro atoms. The van der Waals surface area contributed by atoms with Gasteiger partial charge in [-0.3, -0.25) is 0 Å². The third-order valence-electron chi connectivity index (χ3n) is 5.09. The van der Waals surface area contributed by atoms with Crippen LogP contribution in [0.2, 0.25) is 0 Å². The standard InChI is InChI=1S/C17H21N3O2/c1-12-2-4-13(5-3-12)15-19-20-16(22-15)14-10-18-11-17(14)6-8-21-9-7-17/h2-5,14,18H,6-11H2,1H3/t14-/m1/s1. The molecule has 2 aromatic rings. The lowest BCUT2D eigenvalue weighted by atomic mass is 9.72. The van der Waals surface area contributed by atoms with Gasteiger partial charge < -0.3 is 14.5 Å². The van der Waals surface area contributed by atoms with E-state index in [9.17, 15) is 0 Å². The first-order chi connectivity index (χ1) is 10.8. The molecule has 2 aliphatic heterocycles. The van der Waals surface area contributed by atoms with Crippen LogP contribution in [0, 0.1) is 12.3 Å². The highest BCUT2D eigenvalue weighted by Crippen LogP contribution is 2.46. The lowest BCUT2D eigenvalue weighted by Gasteiger charge is -2.36. The molecular formula is C17H21N3O2. The molecule has 0 saturated carbocycles. The van der Waals surface area contributed by atoms with Crippen molar-refractivity contribution in [2.75, 3.05) is 26.3 Å². The first-order valence-corrected chi connectivity index (χ1v) is 7.96. The summed E-state index contributed by atoms with van der Waals surface area (Å²) in [5, 5.41) is 12.1. The summed E-state index contributed by atoms with van der Waals surface area (Å²) in [4.78, 5) is 0. The van der Waals surface area contributed by atoms with Gasteiger partial charge in [-0.25, -0.2) is 0 Å². The summed E-state index contributed by atoms with van der Waals surface area (Å²) < 4.78 is 11.5. The van der Waals surface area contributed by atoms with Crippen LogP contribution in [0.1, 0.15) is 30.2 Å². The fourth-order valence-corrected chi connectivity index (χ4v) is 3.65. The number of hydrogen-bond acceptors (Lipinski definition) is 5. The summed E-state index contributed by atoms with van der Waals surface area (Å²) in [7, 11) is 0. The highest BCUT2D eigenvalue weighted by atomic mass is 16.5. The van der Waals surface area contributed by atoms with Crippen molar-refractivity contribution in [2.45, 2.75) is 25.7 Å². The van der Waals surface area contributed by atoms with Crippen LogP contribution in [-0.4, -0.2) is 36.5 Å². The third kappa shape index (κ3) is 2.34. The molecule has 3 heterocycles. The van der Waals surface area contributed by atoms with Crippen LogP contribution in [0.4, 0.5) is 0 Å². The number of rotatable bonds is 2. The zero-order valence-electron chi connectivity index (χ0n) is 12.8. The summed E-state index contributed by atoms with van der Waals surface area (Å²) in [6.45, 7) is 5.66. The molecule has 0 amide bonds. The molecule has 4 rings (SSSR count). The van der Waals surface area contributed by atoms with Gasteiger partial charge in [0.2, 0.25) is 11.8 Å². The van der Waals surface area contributed by atoms with E-state index in [1.54, 1.807) is 0 Å². The van der Waals surface area contributed by atoms with E-state index in [2.05, 4.69) is 34.6 Å². The van der Waals surface area contributed by atoms with Gasteiger partial charge in [-0.1, -0.05) is 17.7 Å². The van der Waals surface area contributed by atoms with E-state index in [4.69, 9.17) is 9.15 Å². The molecule has 0 bridgehead atoms. The van der Waals surface area contributed by atoms with Gasteiger partial charge >= 0.3 is 0 Å². The molecule has 1 atom stereocenters. The zero-order chi connectivity index (χ0) is 15.0. The van der Waals surface area contributed by atoms with Gasteiger partial charge in [0.1, 0.15) is 0 Å². The normalized spacial score (nSPS) is 24.0. The van der Waals surface area contributed by atoms with Crippen LogP contribution in [0.15, 0.2) is 28.7 Å². The maximum Gasteiger partial charge on any atom is 0.247 e. The topological polar surface area (TPSA) is 60.2 Å². The zero-order valence-corrected chi connectivity index (χ0v) is 12.8. The maximum atomic E-state index is 6.02. The lowest BCUT2D eigenvalue weighted by Crippen LogP contribution is -2.35. The van der Waals surface area contributed by atoms with E-state index in [0.717, 1.165) is 50.6 Å². The van der Waals surface area contributed by atoms with Gasteiger partial charge in [-0.15, -0.1) is 10.2 Å². The minimum absolute atomic E-state index is 0.218. The van der Waals surface area contributed by atoms with E-state index < -0.39 is 0 Å². The predicted molar refractivity (Wildman–Crippen MR) is 82.6 cm³/mol. The van der Waals surface area contributed by atoms with Gasteiger partial charge in [0.05, 0.1) is 5.92 Å². The highest BCUT2D eigenvalue weighted by Gasteiger charge is 2.47. The second-order valence-electron chi connectivity index (χ2n) is 6.47. The van der Waals surface area contributed by atoms with Crippen LogP contribution in [0.3, 0.4) is 0 Å². The highest BCUT2D eigenvalue weighted by molar-refractivity contribution is 5.52. The molecule has 2 fully saturated rings. The van der Waals surface area contributed by atoms with Crippen molar-refractivity contribution in [3.8, 4) is 11.5 Å². The van der Waals surface area contributed by atoms with Gasteiger partial charge in [0, 0.05) is 31.9 Å². The second kappa shape index (κ2) is 5.48. The SMILES string of the molecule is Cc1ccc(-c2nnc([C@H]3CNCC34CCOCC4)o2)cc1. The van der Waals surface area contributed by atoms with E-state index >= 15 is 0 Å². The molecule has 1 aromatic heterocycles. The summed E-state index contributed by atoms with van der Waals surface area (Å²) in [5.41, 5.74) is 2.43. The molecule has 2 aliphatic rings. The van der Waals surface area contributed by atoms with Crippen molar-refractivity contribution < 1.29 is 9.15 Å². The average Bonchev–Trinajstić information content (AvgIpc) is 3.16. The van der Waals surface area contributed by atoms with Crippen LogP contribution in [0.25, 0.3) is 11.5 Å². The van der Waals surface area contributed by atoms with Gasteiger partial charge in [0.25, 0.3) is 0 Å². The number of nitrogens with zero attached hydrogens (tertiary/aromatic N) is 2. The number of nitrogens with one attached hydrogen (secondary N) is 1. The van der Waals surface area contributed by atoms with Crippen molar-refractivity contribution in [1.29, 1.82) is 0 Å². The van der Waals surface area contributed by atoms with Crippen molar-refractivity contribution in [2.24, 2.45) is 5.41 Å². The van der Waals surface area contributed by atoms with E-state index in [0.29, 0.717) is 11.8 Å². The predicted octanol–water partition coefficient (Wildman–Crippen LogP) is 2.53. The fraction of sp³-hybridized carbons (Fsp3) is 0.529. The van der Waals surface area contributed by atoms with E-state index in [1.807, 2.05) is 12.1 Å². The Balaban J connectivity index is 1.62. The molecule has 116 valence electrons. The molecule has 1 N–H and O–H groups in total. The van der Waals surface area contributed by atoms with Crippen LogP contribution < -0.4 is 5.32 Å². The largest absolute Gasteiger partial charge is 0.420 e. The van der Waals surface area contributed by atoms with Gasteiger partial charge in [-0.2, -0.15) is 0 Å². The number of benzene rings is 1. The third-order valence-corrected chi connectivity index (χ3v) is 5.09. The van der Waals surface area contributed by atoms with E-state index in [1.165, 1.54) is 5.56 Å². The summed E-state index contributed by atoms with van der Waals surface area (Å²) >= 11 is 0. The van der Waals surface area contributed by atoms with E-state index in [-0.39, 0.29) is 5.41 Å². The second-order valence-corrected chi connectivity index (χ2v) is 6.47. The van der Waals surface area contributed by atoms with Crippen molar-refractivity contribution in [3.05, 3.63) is 35.7 Å². The Morgan fingerprint density at radius 2 is 1.91 bits per heavy atom. The Morgan fingerprint density at radius 1 is 1.14 bits per heavy atom. The first kappa shape index (κ1) is 13.9. The minimum atomic E-state index is 0.218. The van der Waals surface area contributed by atoms with Crippen LogP contribution in [-0.2, 0) is 4.74 Å². The molecule has 22 heavy (non-hydrogen) atoms. The van der Waals surface area contributed by atoms with Crippen molar-refractivity contribution >= 4 is 0 Å². The molecule has 5 heteroatoms.